The normalized spacial score (nSPS) is 13.2. The Morgan fingerprint density at radius 1 is 1.32 bits per heavy atom. The van der Waals surface area contributed by atoms with E-state index in [-0.39, 0.29) is 11.9 Å². The molecule has 3 nitrogen and oxygen atoms in total. The Hall–Kier alpha value is -0.970. The quantitative estimate of drug-likeness (QED) is 0.787. The van der Waals surface area contributed by atoms with Gasteiger partial charge in [-0.15, -0.1) is 0 Å². The lowest BCUT2D eigenvalue weighted by Gasteiger charge is -2.32. The zero-order chi connectivity index (χ0) is 14.3. The average molecular weight is 268 g/mol. The van der Waals surface area contributed by atoms with Crippen LogP contribution in [0.1, 0.15) is 25.5 Å². The SMILES string of the molecule is COCCN(CC(C)C)C(CN)c1ccccc1F. The van der Waals surface area contributed by atoms with E-state index in [0.717, 1.165) is 13.1 Å². The minimum Gasteiger partial charge on any atom is -0.383 e. The number of methoxy groups -OCH3 is 1. The van der Waals surface area contributed by atoms with Crippen LogP contribution < -0.4 is 5.73 Å². The second-order valence-corrected chi connectivity index (χ2v) is 5.15. The van der Waals surface area contributed by atoms with Crippen LogP contribution in [0.4, 0.5) is 4.39 Å². The highest BCUT2D eigenvalue weighted by Gasteiger charge is 2.22. The average Bonchev–Trinajstić information content (AvgIpc) is 2.38. The van der Waals surface area contributed by atoms with Crippen molar-refractivity contribution in [3.63, 3.8) is 0 Å². The van der Waals surface area contributed by atoms with Crippen LogP contribution >= 0.6 is 0 Å². The molecule has 0 aliphatic heterocycles. The number of hydrogen-bond acceptors (Lipinski definition) is 3. The highest BCUT2D eigenvalue weighted by molar-refractivity contribution is 5.21. The molecule has 1 aromatic rings. The van der Waals surface area contributed by atoms with E-state index in [4.69, 9.17) is 10.5 Å². The number of nitrogens with two attached hydrogens (primary N) is 1. The van der Waals surface area contributed by atoms with E-state index in [1.54, 1.807) is 13.2 Å². The summed E-state index contributed by atoms with van der Waals surface area (Å²) in [4.78, 5) is 2.20. The molecule has 0 radical (unpaired) electrons. The molecular formula is C15H25FN2O. The molecule has 0 saturated carbocycles. The maximum Gasteiger partial charge on any atom is 0.128 e. The molecule has 1 rings (SSSR count). The van der Waals surface area contributed by atoms with Crippen LogP contribution in [0.15, 0.2) is 24.3 Å². The fourth-order valence-electron chi connectivity index (χ4n) is 2.27. The molecular weight excluding hydrogens is 243 g/mol. The van der Waals surface area contributed by atoms with Crippen molar-refractivity contribution in [3.8, 4) is 0 Å². The van der Waals surface area contributed by atoms with Gasteiger partial charge in [0.05, 0.1) is 6.61 Å². The fourth-order valence-corrected chi connectivity index (χ4v) is 2.27. The zero-order valence-electron chi connectivity index (χ0n) is 12.1. The predicted molar refractivity (Wildman–Crippen MR) is 76.5 cm³/mol. The van der Waals surface area contributed by atoms with Crippen LogP contribution in [-0.4, -0.2) is 38.3 Å². The molecule has 2 N–H and O–H groups in total. The third kappa shape index (κ3) is 4.90. The lowest BCUT2D eigenvalue weighted by molar-refractivity contribution is 0.110. The van der Waals surface area contributed by atoms with E-state index >= 15 is 0 Å². The van der Waals surface area contributed by atoms with Gasteiger partial charge in [-0.05, 0) is 12.0 Å². The summed E-state index contributed by atoms with van der Waals surface area (Å²) in [6, 6.07) is 6.76. The second kappa shape index (κ2) is 8.25. The van der Waals surface area contributed by atoms with Gasteiger partial charge in [-0.2, -0.15) is 0 Å². The molecule has 19 heavy (non-hydrogen) atoms. The molecule has 1 unspecified atom stereocenters. The summed E-state index contributed by atoms with van der Waals surface area (Å²) in [5, 5.41) is 0. The van der Waals surface area contributed by atoms with Crippen molar-refractivity contribution < 1.29 is 9.13 Å². The Morgan fingerprint density at radius 2 is 2.00 bits per heavy atom. The monoisotopic (exact) mass is 268 g/mol. The van der Waals surface area contributed by atoms with Gasteiger partial charge < -0.3 is 10.5 Å². The molecule has 0 aliphatic rings. The van der Waals surface area contributed by atoms with Crippen molar-refractivity contribution in [2.75, 3.05) is 33.4 Å². The summed E-state index contributed by atoms with van der Waals surface area (Å²) in [5.74, 6) is 0.307. The van der Waals surface area contributed by atoms with Crippen LogP contribution in [0.2, 0.25) is 0 Å². The molecule has 0 fully saturated rings. The second-order valence-electron chi connectivity index (χ2n) is 5.15. The van der Waals surface area contributed by atoms with Gasteiger partial charge in [-0.1, -0.05) is 32.0 Å². The summed E-state index contributed by atoms with van der Waals surface area (Å²) in [7, 11) is 1.67. The highest BCUT2D eigenvalue weighted by Crippen LogP contribution is 2.23. The number of halogens is 1. The van der Waals surface area contributed by atoms with Gasteiger partial charge in [0.2, 0.25) is 0 Å². The molecule has 108 valence electrons. The van der Waals surface area contributed by atoms with E-state index in [9.17, 15) is 4.39 Å². The van der Waals surface area contributed by atoms with Crippen LogP contribution in [-0.2, 0) is 4.74 Å². The number of ether oxygens (including phenoxy) is 1. The third-order valence-electron chi connectivity index (χ3n) is 3.11. The molecule has 0 spiro atoms. The van der Waals surface area contributed by atoms with Crippen molar-refractivity contribution in [3.05, 3.63) is 35.6 Å². The number of hydrogen-bond donors (Lipinski definition) is 1. The highest BCUT2D eigenvalue weighted by atomic mass is 19.1. The first-order chi connectivity index (χ1) is 9.10. The first-order valence-corrected chi connectivity index (χ1v) is 6.77. The fraction of sp³-hybridized carbons (Fsp3) is 0.600. The summed E-state index contributed by atoms with van der Waals surface area (Å²) in [6.45, 7) is 6.95. The van der Waals surface area contributed by atoms with Gasteiger partial charge in [0, 0.05) is 38.3 Å². The van der Waals surface area contributed by atoms with Crippen LogP contribution in [0.5, 0.6) is 0 Å². The van der Waals surface area contributed by atoms with Crippen LogP contribution in [0.3, 0.4) is 0 Å². The lowest BCUT2D eigenvalue weighted by atomic mass is 10.0. The molecule has 0 saturated heterocycles. The third-order valence-corrected chi connectivity index (χ3v) is 3.11. The van der Waals surface area contributed by atoms with Gasteiger partial charge in [0.15, 0.2) is 0 Å². The molecule has 1 aromatic carbocycles. The largest absolute Gasteiger partial charge is 0.383 e. The first kappa shape index (κ1) is 16.1. The van der Waals surface area contributed by atoms with Crippen LogP contribution in [0, 0.1) is 11.7 Å². The van der Waals surface area contributed by atoms with Crippen molar-refractivity contribution in [1.29, 1.82) is 0 Å². The van der Waals surface area contributed by atoms with Gasteiger partial charge in [-0.3, -0.25) is 4.90 Å². The van der Waals surface area contributed by atoms with Crippen LogP contribution in [0.25, 0.3) is 0 Å². The standard InChI is InChI=1S/C15H25FN2O/c1-12(2)11-18(8-9-19-3)15(10-17)13-6-4-5-7-14(13)16/h4-7,12,15H,8-11,17H2,1-3H3. The molecule has 0 bridgehead atoms. The summed E-state index contributed by atoms with van der Waals surface area (Å²) < 4.78 is 19.1. The molecule has 4 heteroatoms. The van der Waals surface area contributed by atoms with Gasteiger partial charge in [0.1, 0.15) is 5.82 Å². The number of benzene rings is 1. The first-order valence-electron chi connectivity index (χ1n) is 6.77. The predicted octanol–water partition coefficient (Wildman–Crippen LogP) is 2.43. The molecule has 0 aliphatic carbocycles. The van der Waals surface area contributed by atoms with Gasteiger partial charge >= 0.3 is 0 Å². The molecule has 0 aromatic heterocycles. The van der Waals surface area contributed by atoms with E-state index in [2.05, 4.69) is 18.7 Å². The van der Waals surface area contributed by atoms with Gasteiger partial charge in [-0.25, -0.2) is 4.39 Å². The summed E-state index contributed by atoms with van der Waals surface area (Å²) >= 11 is 0. The Labute approximate surface area is 115 Å². The number of rotatable bonds is 8. The van der Waals surface area contributed by atoms with E-state index in [1.165, 1.54) is 6.07 Å². The maximum atomic E-state index is 13.9. The Balaban J connectivity index is 2.91. The summed E-state index contributed by atoms with van der Waals surface area (Å²) in [5.41, 5.74) is 6.54. The maximum absolute atomic E-state index is 13.9. The summed E-state index contributed by atoms with van der Waals surface area (Å²) in [6.07, 6.45) is 0. The Kier molecular flexibility index (Phi) is 6.99. The smallest absolute Gasteiger partial charge is 0.128 e. The van der Waals surface area contributed by atoms with Gasteiger partial charge in [0.25, 0.3) is 0 Å². The number of nitrogens with zero attached hydrogens (tertiary/aromatic N) is 1. The minimum atomic E-state index is -0.191. The topological polar surface area (TPSA) is 38.5 Å². The Bertz CT molecular complexity index is 371. The van der Waals surface area contributed by atoms with E-state index in [1.807, 2.05) is 12.1 Å². The van der Waals surface area contributed by atoms with Crippen molar-refractivity contribution in [2.45, 2.75) is 19.9 Å². The molecule has 0 amide bonds. The van der Waals surface area contributed by atoms with E-state index < -0.39 is 0 Å². The van der Waals surface area contributed by atoms with E-state index in [0.29, 0.717) is 24.6 Å². The van der Waals surface area contributed by atoms with Crippen molar-refractivity contribution in [2.24, 2.45) is 11.7 Å². The van der Waals surface area contributed by atoms with Crippen molar-refractivity contribution in [1.82, 2.24) is 4.90 Å². The van der Waals surface area contributed by atoms with Crippen molar-refractivity contribution >= 4 is 0 Å². The Morgan fingerprint density at radius 3 is 2.53 bits per heavy atom. The lowest BCUT2D eigenvalue weighted by Crippen LogP contribution is -2.38. The minimum absolute atomic E-state index is 0.0984. The molecule has 0 heterocycles. The zero-order valence-corrected chi connectivity index (χ0v) is 12.1. The molecule has 1 atom stereocenters.